The van der Waals surface area contributed by atoms with Crippen molar-refractivity contribution in [3.05, 3.63) is 83.9 Å². The Kier molecular flexibility index (Phi) is 10.6. The minimum absolute atomic E-state index is 0.286. The molecular weight excluding hydrogens is 504 g/mol. The molecule has 0 aliphatic rings. The van der Waals surface area contributed by atoms with E-state index in [0.717, 1.165) is 26.2 Å². The lowest BCUT2D eigenvalue weighted by Gasteiger charge is -2.19. The van der Waals surface area contributed by atoms with Crippen LogP contribution in [0, 0.1) is 0 Å². The normalized spacial score (nSPS) is 11.6. The molecule has 40 heavy (non-hydrogen) atoms. The summed E-state index contributed by atoms with van der Waals surface area (Å²) in [4.78, 5) is 38.2. The number of hydrogen-bond donors (Lipinski definition) is 4. The van der Waals surface area contributed by atoms with E-state index in [2.05, 4.69) is 20.6 Å². The highest BCUT2D eigenvalue weighted by atomic mass is 16.2. The van der Waals surface area contributed by atoms with Gasteiger partial charge in [-0.15, -0.1) is 0 Å². The Bertz CT molecular complexity index is 1220. The van der Waals surface area contributed by atoms with Crippen LogP contribution in [0.5, 0.6) is 0 Å². The van der Waals surface area contributed by atoms with Gasteiger partial charge in [-0.3, -0.25) is 9.59 Å². The van der Waals surface area contributed by atoms with Crippen molar-refractivity contribution >= 4 is 46.5 Å². The van der Waals surface area contributed by atoms with Gasteiger partial charge in [0.2, 0.25) is 0 Å². The van der Waals surface area contributed by atoms with E-state index in [1.54, 1.807) is 72.8 Å². The summed E-state index contributed by atoms with van der Waals surface area (Å²) < 4.78 is 0. The highest BCUT2D eigenvalue weighted by molar-refractivity contribution is 6.07. The topological polar surface area (TPSA) is 141 Å². The van der Waals surface area contributed by atoms with Gasteiger partial charge in [0, 0.05) is 48.7 Å². The summed E-state index contributed by atoms with van der Waals surface area (Å²) in [6.45, 7) is 11.2. The number of nitrogens with zero attached hydrogens (tertiary/aromatic N) is 4. The molecule has 0 saturated carbocycles. The number of aliphatic imine (C=N–C) groups is 2. The van der Waals surface area contributed by atoms with E-state index in [-0.39, 0.29) is 11.8 Å². The van der Waals surface area contributed by atoms with Gasteiger partial charge < -0.3 is 31.9 Å². The quantitative estimate of drug-likeness (QED) is 0.215. The number of hydrogen-bond acceptors (Lipinski definition) is 4. The summed E-state index contributed by atoms with van der Waals surface area (Å²) in [6.07, 6.45) is 0. The first-order valence-electron chi connectivity index (χ1n) is 13.4. The lowest BCUT2D eigenvalue weighted by molar-refractivity contribution is 0.101. The summed E-state index contributed by atoms with van der Waals surface area (Å²) in [5.74, 6) is 0.332. The van der Waals surface area contributed by atoms with Crippen LogP contribution in [0.4, 0.5) is 22.7 Å². The molecule has 0 unspecified atom stereocenters. The molecule has 0 fully saturated rings. The summed E-state index contributed by atoms with van der Waals surface area (Å²) in [5.41, 5.74) is 15.6. The molecular formula is C30H38N8O2. The average molecular weight is 543 g/mol. The van der Waals surface area contributed by atoms with Gasteiger partial charge in [0.1, 0.15) is 0 Å². The molecule has 3 aromatic rings. The average Bonchev–Trinajstić information content (AvgIpc) is 2.96. The van der Waals surface area contributed by atoms with Crippen LogP contribution < -0.4 is 22.1 Å². The Morgan fingerprint density at radius 2 is 0.875 bits per heavy atom. The van der Waals surface area contributed by atoms with Crippen LogP contribution in [0.2, 0.25) is 0 Å². The number of amides is 2. The van der Waals surface area contributed by atoms with Gasteiger partial charge in [-0.25, -0.2) is 9.98 Å². The first-order valence-corrected chi connectivity index (χ1v) is 13.4. The molecule has 10 nitrogen and oxygen atoms in total. The Morgan fingerprint density at radius 3 is 1.15 bits per heavy atom. The van der Waals surface area contributed by atoms with Crippen LogP contribution in [-0.2, 0) is 0 Å². The van der Waals surface area contributed by atoms with Gasteiger partial charge in [0.15, 0.2) is 11.9 Å². The SMILES string of the molecule is CCN(CC)C(N)=Nc1ccc(NC(=O)c2ccc(C(=O)Nc3ccc(N=C(N)N(CC)CC)cc3)cc2)cc1. The molecule has 0 bridgehead atoms. The van der Waals surface area contributed by atoms with E-state index in [4.69, 9.17) is 11.5 Å². The third-order valence-corrected chi connectivity index (χ3v) is 6.32. The third-order valence-electron chi connectivity index (χ3n) is 6.32. The number of nitrogens with two attached hydrogens (primary N) is 2. The van der Waals surface area contributed by atoms with Crippen LogP contribution in [0.3, 0.4) is 0 Å². The molecule has 10 heteroatoms. The molecule has 0 saturated heterocycles. The third kappa shape index (κ3) is 8.07. The lowest BCUT2D eigenvalue weighted by Crippen LogP contribution is -2.36. The van der Waals surface area contributed by atoms with E-state index in [9.17, 15) is 9.59 Å². The molecule has 0 radical (unpaired) electrons. The van der Waals surface area contributed by atoms with Crippen LogP contribution >= 0.6 is 0 Å². The van der Waals surface area contributed by atoms with Gasteiger partial charge >= 0.3 is 0 Å². The molecule has 0 atom stereocenters. The molecule has 0 aliphatic heterocycles. The molecule has 0 heterocycles. The van der Waals surface area contributed by atoms with E-state index >= 15 is 0 Å². The van der Waals surface area contributed by atoms with Crippen molar-refractivity contribution in [2.75, 3.05) is 36.8 Å². The van der Waals surface area contributed by atoms with Crippen molar-refractivity contribution in [2.45, 2.75) is 27.7 Å². The van der Waals surface area contributed by atoms with Gasteiger partial charge in [0.05, 0.1) is 11.4 Å². The Morgan fingerprint density at radius 1 is 0.575 bits per heavy atom. The minimum Gasteiger partial charge on any atom is -0.369 e. The molecule has 3 rings (SSSR count). The van der Waals surface area contributed by atoms with E-state index in [1.807, 2.05) is 37.5 Å². The van der Waals surface area contributed by atoms with Crippen molar-refractivity contribution in [1.82, 2.24) is 9.80 Å². The van der Waals surface area contributed by atoms with Gasteiger partial charge in [-0.2, -0.15) is 0 Å². The number of carbonyl (C=O) groups excluding carboxylic acids is 2. The monoisotopic (exact) mass is 542 g/mol. The maximum atomic E-state index is 12.7. The number of carbonyl (C=O) groups is 2. The Labute approximate surface area is 235 Å². The minimum atomic E-state index is -0.286. The molecule has 6 N–H and O–H groups in total. The van der Waals surface area contributed by atoms with Crippen molar-refractivity contribution in [1.29, 1.82) is 0 Å². The Hall–Kier alpha value is -4.86. The van der Waals surface area contributed by atoms with Gasteiger partial charge in [-0.1, -0.05) is 0 Å². The largest absolute Gasteiger partial charge is 0.369 e. The number of anilines is 2. The van der Waals surface area contributed by atoms with Crippen molar-refractivity contribution in [3.8, 4) is 0 Å². The van der Waals surface area contributed by atoms with E-state index < -0.39 is 0 Å². The first-order chi connectivity index (χ1) is 19.3. The smallest absolute Gasteiger partial charge is 0.255 e. The molecule has 0 spiro atoms. The second-order valence-corrected chi connectivity index (χ2v) is 8.86. The zero-order valence-electron chi connectivity index (χ0n) is 23.5. The summed E-state index contributed by atoms with van der Waals surface area (Å²) in [7, 11) is 0. The molecule has 3 aromatic carbocycles. The fraction of sp³-hybridized carbons (Fsp3) is 0.267. The second-order valence-electron chi connectivity index (χ2n) is 8.86. The molecule has 0 aromatic heterocycles. The zero-order chi connectivity index (χ0) is 29.1. The Balaban J connectivity index is 1.58. The first kappa shape index (κ1) is 29.7. The summed E-state index contributed by atoms with van der Waals surface area (Å²) in [6, 6.07) is 20.7. The molecule has 210 valence electrons. The van der Waals surface area contributed by atoms with Crippen molar-refractivity contribution in [2.24, 2.45) is 21.5 Å². The number of nitrogens with one attached hydrogen (secondary N) is 2. The highest BCUT2D eigenvalue weighted by Crippen LogP contribution is 2.19. The highest BCUT2D eigenvalue weighted by Gasteiger charge is 2.11. The standard InChI is InChI=1S/C30H38N8O2/c1-5-37(6-2)29(31)35-25-17-13-23(14-18-25)33-27(39)21-9-11-22(12-10-21)28(40)34-24-15-19-26(20-16-24)36-30(32)38(7-3)8-4/h9-20H,5-8H2,1-4H3,(H2,31,35)(H2,32,36)(H,33,39)(H,34,40). The predicted molar refractivity (Wildman–Crippen MR) is 164 cm³/mol. The predicted octanol–water partition coefficient (Wildman–Crippen LogP) is 4.77. The second kappa shape index (κ2) is 14.3. The number of guanidine groups is 2. The van der Waals surface area contributed by atoms with Crippen LogP contribution in [0.15, 0.2) is 82.8 Å². The van der Waals surface area contributed by atoms with Gasteiger partial charge in [-0.05, 0) is 100 Å². The summed E-state index contributed by atoms with van der Waals surface area (Å²) in [5, 5.41) is 5.71. The zero-order valence-corrected chi connectivity index (χ0v) is 23.5. The maximum absolute atomic E-state index is 12.7. The number of rotatable bonds is 10. The number of benzene rings is 3. The summed E-state index contributed by atoms with van der Waals surface area (Å²) >= 11 is 0. The van der Waals surface area contributed by atoms with Crippen molar-refractivity contribution < 1.29 is 9.59 Å². The lowest BCUT2D eigenvalue weighted by atomic mass is 10.1. The molecule has 2 amide bonds. The fourth-order valence-electron chi connectivity index (χ4n) is 3.92. The van der Waals surface area contributed by atoms with Crippen molar-refractivity contribution in [3.63, 3.8) is 0 Å². The van der Waals surface area contributed by atoms with Crippen LogP contribution in [0.25, 0.3) is 0 Å². The molecule has 0 aliphatic carbocycles. The van der Waals surface area contributed by atoms with E-state index in [1.165, 1.54) is 0 Å². The van der Waals surface area contributed by atoms with E-state index in [0.29, 0.717) is 45.8 Å². The van der Waals surface area contributed by atoms with Crippen LogP contribution in [-0.4, -0.2) is 59.7 Å². The maximum Gasteiger partial charge on any atom is 0.255 e. The van der Waals surface area contributed by atoms with Gasteiger partial charge in [0.25, 0.3) is 11.8 Å². The fourth-order valence-corrected chi connectivity index (χ4v) is 3.92. The van der Waals surface area contributed by atoms with Crippen LogP contribution in [0.1, 0.15) is 48.4 Å².